The SMILES string of the molecule is CCCC[CH2][Al+2].[Cl-].[Cl-]. The summed E-state index contributed by atoms with van der Waals surface area (Å²) in [6.07, 6.45) is 4.11. The smallest absolute Gasteiger partial charge is 1.00 e. The third-order valence-corrected chi connectivity index (χ3v) is 1.22. The molecule has 0 aromatic heterocycles. The second kappa shape index (κ2) is 15.7. The van der Waals surface area contributed by atoms with Crippen molar-refractivity contribution >= 4 is 16.3 Å². The summed E-state index contributed by atoms with van der Waals surface area (Å²) in [6, 6.07) is 0. The van der Waals surface area contributed by atoms with Crippen molar-refractivity contribution in [1.29, 1.82) is 0 Å². The first kappa shape index (κ1) is 16.1. The molecule has 8 heavy (non-hydrogen) atoms. The third kappa shape index (κ3) is 15.7. The van der Waals surface area contributed by atoms with Crippen molar-refractivity contribution in [1.82, 2.24) is 0 Å². The molecule has 0 N–H and O–H groups in total. The van der Waals surface area contributed by atoms with E-state index < -0.39 is 0 Å². The van der Waals surface area contributed by atoms with Crippen LogP contribution in [0.3, 0.4) is 0 Å². The predicted molar refractivity (Wildman–Crippen MR) is 30.1 cm³/mol. The Morgan fingerprint density at radius 1 is 1.12 bits per heavy atom. The molecule has 0 aromatic rings. The van der Waals surface area contributed by atoms with Crippen LogP contribution in [-0.2, 0) is 0 Å². The normalized spacial score (nSPS) is 6.88. The van der Waals surface area contributed by atoms with Gasteiger partial charge in [-0.15, -0.1) is 0 Å². The summed E-state index contributed by atoms with van der Waals surface area (Å²) in [5, 5.41) is 1.27. The van der Waals surface area contributed by atoms with E-state index >= 15 is 0 Å². The zero-order valence-electron chi connectivity index (χ0n) is 5.16. The van der Waals surface area contributed by atoms with Gasteiger partial charge in [-0.3, -0.25) is 0 Å². The van der Waals surface area contributed by atoms with Gasteiger partial charge in [0.05, 0.1) is 0 Å². The Morgan fingerprint density at radius 2 is 1.62 bits per heavy atom. The molecular weight excluding hydrogens is 158 g/mol. The third-order valence-electron chi connectivity index (χ3n) is 0.808. The monoisotopic (exact) mass is 168 g/mol. The molecule has 0 saturated carbocycles. The number of rotatable bonds is 3. The van der Waals surface area contributed by atoms with Crippen LogP contribution < -0.4 is 24.8 Å². The summed E-state index contributed by atoms with van der Waals surface area (Å²) < 4.78 is 0. The van der Waals surface area contributed by atoms with E-state index in [1.165, 1.54) is 24.5 Å². The molecule has 48 valence electrons. The number of hydrogen-bond donors (Lipinski definition) is 0. The Labute approximate surface area is 72.7 Å². The molecule has 0 atom stereocenters. The maximum atomic E-state index is 2.73. The molecule has 0 aliphatic rings. The van der Waals surface area contributed by atoms with Gasteiger partial charge < -0.3 is 24.8 Å². The first-order valence-electron chi connectivity index (χ1n) is 2.62. The van der Waals surface area contributed by atoms with Crippen LogP contribution in [0, 0.1) is 0 Å². The van der Waals surface area contributed by atoms with Gasteiger partial charge in [0.25, 0.3) is 0 Å². The fourth-order valence-corrected chi connectivity index (χ4v) is 0.683. The molecule has 0 aliphatic carbocycles. The Morgan fingerprint density at radius 3 is 1.75 bits per heavy atom. The molecule has 0 bridgehead atoms. The topological polar surface area (TPSA) is 0 Å². The molecule has 0 unspecified atom stereocenters. The predicted octanol–water partition coefficient (Wildman–Crippen LogP) is -4.23. The maximum absolute atomic E-state index is 2.73. The first-order valence-corrected chi connectivity index (χ1v) is 3.43. The van der Waals surface area contributed by atoms with E-state index in [0.717, 1.165) is 0 Å². The van der Waals surface area contributed by atoms with Crippen molar-refractivity contribution in [3.05, 3.63) is 0 Å². The summed E-state index contributed by atoms with van der Waals surface area (Å²) in [6.45, 7) is 2.22. The van der Waals surface area contributed by atoms with Crippen LogP contribution in [0.1, 0.15) is 26.2 Å². The van der Waals surface area contributed by atoms with Crippen molar-refractivity contribution in [2.75, 3.05) is 0 Å². The van der Waals surface area contributed by atoms with E-state index in [1.54, 1.807) is 0 Å². The van der Waals surface area contributed by atoms with Gasteiger partial charge in [-0.25, -0.2) is 0 Å². The zero-order chi connectivity index (χ0) is 4.83. The van der Waals surface area contributed by atoms with E-state index in [-0.39, 0.29) is 24.8 Å². The van der Waals surface area contributed by atoms with Gasteiger partial charge in [0.1, 0.15) is 0 Å². The molecule has 0 nitrogen and oxygen atoms in total. The van der Waals surface area contributed by atoms with Crippen molar-refractivity contribution in [2.24, 2.45) is 0 Å². The molecule has 0 fully saturated rings. The summed E-state index contributed by atoms with van der Waals surface area (Å²) in [5.41, 5.74) is 0. The summed E-state index contributed by atoms with van der Waals surface area (Å²) in [5.74, 6) is 0. The van der Waals surface area contributed by atoms with Gasteiger partial charge in [-0.1, -0.05) is 0 Å². The van der Waals surface area contributed by atoms with Gasteiger partial charge in [0, 0.05) is 0 Å². The molecule has 0 spiro atoms. The number of hydrogen-bond acceptors (Lipinski definition) is 0. The van der Waals surface area contributed by atoms with Crippen LogP contribution in [-0.4, -0.2) is 16.3 Å². The number of halogens is 2. The summed E-state index contributed by atoms with van der Waals surface area (Å²) >= 11 is 2.73. The Bertz CT molecular complexity index is 22.4. The van der Waals surface area contributed by atoms with Crippen LogP contribution >= 0.6 is 0 Å². The summed E-state index contributed by atoms with van der Waals surface area (Å²) in [7, 11) is 0. The van der Waals surface area contributed by atoms with Gasteiger partial charge in [-0.2, -0.15) is 0 Å². The maximum Gasteiger partial charge on any atom is -1.00 e. The van der Waals surface area contributed by atoms with Crippen LogP contribution in [0.5, 0.6) is 0 Å². The van der Waals surface area contributed by atoms with Crippen molar-refractivity contribution < 1.29 is 24.8 Å². The van der Waals surface area contributed by atoms with Crippen LogP contribution in [0.4, 0.5) is 0 Å². The average molecular weight is 169 g/mol. The molecule has 0 aliphatic heterocycles. The fraction of sp³-hybridized carbons (Fsp3) is 1.00. The first-order chi connectivity index (χ1) is 2.91. The largest absolute Gasteiger partial charge is 1.00 e. The fourth-order valence-electron chi connectivity index (χ4n) is 0.394. The average Bonchev–Trinajstić information content (AvgIpc) is 1.61. The number of unbranched alkanes of at least 4 members (excludes halogenated alkanes) is 2. The van der Waals surface area contributed by atoms with E-state index in [1.807, 2.05) is 0 Å². The molecule has 0 radical (unpaired) electrons. The van der Waals surface area contributed by atoms with Crippen LogP contribution in [0.25, 0.3) is 0 Å². The van der Waals surface area contributed by atoms with Crippen LogP contribution in [0.2, 0.25) is 5.28 Å². The minimum absolute atomic E-state index is 0. The molecule has 0 rings (SSSR count). The van der Waals surface area contributed by atoms with Gasteiger partial charge >= 0.3 is 47.8 Å². The second-order valence-corrected chi connectivity index (χ2v) is 2.07. The Hall–Kier alpha value is 1.11. The van der Waals surface area contributed by atoms with Gasteiger partial charge in [0.2, 0.25) is 0 Å². The van der Waals surface area contributed by atoms with E-state index in [4.69, 9.17) is 0 Å². The summed E-state index contributed by atoms with van der Waals surface area (Å²) in [4.78, 5) is 0. The Kier molecular flexibility index (Phi) is 31.5. The quantitative estimate of drug-likeness (QED) is 0.296. The second-order valence-electron chi connectivity index (χ2n) is 1.50. The Balaban J connectivity index is -0.000000125. The van der Waals surface area contributed by atoms with Crippen molar-refractivity contribution in [2.45, 2.75) is 31.5 Å². The van der Waals surface area contributed by atoms with Crippen molar-refractivity contribution in [3.63, 3.8) is 0 Å². The van der Waals surface area contributed by atoms with E-state index in [0.29, 0.717) is 0 Å². The van der Waals surface area contributed by atoms with E-state index in [9.17, 15) is 0 Å². The van der Waals surface area contributed by atoms with Gasteiger partial charge in [-0.05, 0) is 0 Å². The van der Waals surface area contributed by atoms with Crippen LogP contribution in [0.15, 0.2) is 0 Å². The van der Waals surface area contributed by atoms with E-state index in [2.05, 4.69) is 23.2 Å². The molecular formula is C5H11AlCl2. The minimum Gasteiger partial charge on any atom is -1.00 e. The molecule has 0 saturated heterocycles. The molecule has 0 heterocycles. The standard InChI is InChI=1S/C5H11.Al.2ClH/c1-3-5-4-2;;;/h1,3-5H2,2H3;;2*1H/q;+2;;/p-2. The molecule has 0 aromatic carbocycles. The molecule has 3 heteroatoms. The van der Waals surface area contributed by atoms with Gasteiger partial charge in [0.15, 0.2) is 0 Å². The zero-order valence-corrected chi connectivity index (χ0v) is 7.83. The molecule has 0 amide bonds. The van der Waals surface area contributed by atoms with Crippen molar-refractivity contribution in [3.8, 4) is 0 Å². The minimum atomic E-state index is 0.